The van der Waals surface area contributed by atoms with Crippen molar-refractivity contribution in [2.45, 2.75) is 32.0 Å². The van der Waals surface area contributed by atoms with Crippen LogP contribution in [0.25, 0.3) is 0 Å². The fourth-order valence-corrected chi connectivity index (χ4v) is 2.10. The number of carbonyl (C=O) groups is 1. The average molecular weight is 319 g/mol. The summed E-state index contributed by atoms with van der Waals surface area (Å²) in [5, 5.41) is 12.2. The van der Waals surface area contributed by atoms with Crippen LogP contribution < -0.4 is 11.1 Å². The number of hydrogen-bond donors (Lipinski definition) is 3. The molecule has 0 bridgehead atoms. The van der Waals surface area contributed by atoms with E-state index in [0.29, 0.717) is 13.0 Å². The molecule has 6 heteroatoms. The zero-order chi connectivity index (χ0) is 14.3. The second kappa shape index (κ2) is 10.0. The maximum Gasteiger partial charge on any atom is 0.237 e. The third kappa shape index (κ3) is 6.61. The minimum absolute atomic E-state index is 0. The lowest BCUT2D eigenvalue weighted by molar-refractivity contribution is -0.122. The molecular formula is C14H23ClN2O2S. The van der Waals surface area contributed by atoms with E-state index >= 15 is 0 Å². The molecule has 4 nitrogen and oxygen atoms in total. The van der Waals surface area contributed by atoms with Crippen molar-refractivity contribution in [2.75, 3.05) is 12.0 Å². The molecule has 0 aliphatic heterocycles. The summed E-state index contributed by atoms with van der Waals surface area (Å²) in [5.41, 5.74) is 7.64. The second-order valence-corrected chi connectivity index (χ2v) is 5.51. The third-order valence-electron chi connectivity index (χ3n) is 2.90. The Bertz CT molecular complexity index is 399. The van der Waals surface area contributed by atoms with Crippen LogP contribution in [0.2, 0.25) is 0 Å². The highest BCUT2D eigenvalue weighted by atomic mass is 35.5. The Labute approximate surface area is 130 Å². The predicted molar refractivity (Wildman–Crippen MR) is 87.1 cm³/mol. The summed E-state index contributed by atoms with van der Waals surface area (Å²) in [6.45, 7) is 2.19. The van der Waals surface area contributed by atoms with E-state index in [0.717, 1.165) is 16.9 Å². The topological polar surface area (TPSA) is 75.4 Å². The normalized spacial score (nSPS) is 13.2. The van der Waals surface area contributed by atoms with Crippen LogP contribution >= 0.6 is 24.2 Å². The smallest absolute Gasteiger partial charge is 0.237 e. The number of rotatable bonds is 7. The van der Waals surface area contributed by atoms with Crippen molar-refractivity contribution in [1.82, 2.24) is 5.32 Å². The molecule has 0 aliphatic carbocycles. The van der Waals surface area contributed by atoms with Gasteiger partial charge in [0, 0.05) is 6.54 Å². The molecule has 114 valence electrons. The first-order valence-electron chi connectivity index (χ1n) is 6.33. The third-order valence-corrected chi connectivity index (χ3v) is 3.54. The molecule has 1 aromatic carbocycles. The Morgan fingerprint density at radius 2 is 2.00 bits per heavy atom. The van der Waals surface area contributed by atoms with Gasteiger partial charge in [-0.05, 0) is 36.5 Å². The van der Waals surface area contributed by atoms with Crippen LogP contribution in [-0.4, -0.2) is 29.1 Å². The minimum Gasteiger partial charge on any atom is -0.389 e. The lowest BCUT2D eigenvalue weighted by atomic mass is 10.1. The lowest BCUT2D eigenvalue weighted by Gasteiger charge is -2.12. The van der Waals surface area contributed by atoms with Crippen molar-refractivity contribution in [3.63, 3.8) is 0 Å². The van der Waals surface area contributed by atoms with E-state index in [-0.39, 0.29) is 18.3 Å². The van der Waals surface area contributed by atoms with E-state index in [4.69, 9.17) is 5.73 Å². The summed E-state index contributed by atoms with van der Waals surface area (Å²) in [5.74, 6) is 0.770. The number of benzene rings is 1. The van der Waals surface area contributed by atoms with Gasteiger partial charge in [0.2, 0.25) is 5.91 Å². The summed E-state index contributed by atoms with van der Waals surface area (Å²) in [4.78, 5) is 11.7. The number of nitrogens with two attached hydrogens (primary N) is 1. The van der Waals surface area contributed by atoms with Crippen LogP contribution in [0.3, 0.4) is 0 Å². The zero-order valence-corrected chi connectivity index (χ0v) is 13.5. The van der Waals surface area contributed by atoms with Gasteiger partial charge in [-0.2, -0.15) is 11.8 Å². The van der Waals surface area contributed by atoms with Crippen molar-refractivity contribution in [2.24, 2.45) is 5.73 Å². The highest BCUT2D eigenvalue weighted by molar-refractivity contribution is 7.98. The number of amides is 1. The summed E-state index contributed by atoms with van der Waals surface area (Å²) in [6, 6.07) is 7.08. The Morgan fingerprint density at radius 1 is 1.40 bits per heavy atom. The van der Waals surface area contributed by atoms with E-state index in [1.54, 1.807) is 18.7 Å². The van der Waals surface area contributed by atoms with E-state index in [1.807, 2.05) is 30.5 Å². The first kappa shape index (κ1) is 19.2. The fraction of sp³-hybridized carbons (Fsp3) is 0.500. The van der Waals surface area contributed by atoms with Crippen LogP contribution in [0.5, 0.6) is 0 Å². The standard InChI is InChI=1S/C14H22N2O2S.ClH/c1-10(17)12-5-3-11(4-6-12)9-16-14(18)13(15)7-8-19-2;/h3-6,10,13,17H,7-9,15H2,1-2H3,(H,16,18);1H/t10?,13-;/m0./s1. The van der Waals surface area contributed by atoms with Crippen molar-refractivity contribution in [3.05, 3.63) is 35.4 Å². The monoisotopic (exact) mass is 318 g/mol. The van der Waals surface area contributed by atoms with Gasteiger partial charge in [0.25, 0.3) is 0 Å². The van der Waals surface area contributed by atoms with Crippen molar-refractivity contribution in [3.8, 4) is 0 Å². The van der Waals surface area contributed by atoms with Crippen molar-refractivity contribution in [1.29, 1.82) is 0 Å². The highest BCUT2D eigenvalue weighted by Gasteiger charge is 2.12. The van der Waals surface area contributed by atoms with Crippen LogP contribution in [0.15, 0.2) is 24.3 Å². The maximum absolute atomic E-state index is 11.7. The van der Waals surface area contributed by atoms with Crippen LogP contribution in [0, 0.1) is 0 Å². The predicted octanol–water partition coefficient (Wildman–Crippen LogP) is 1.86. The molecular weight excluding hydrogens is 296 g/mol. The van der Waals surface area contributed by atoms with Crippen LogP contribution in [0.1, 0.15) is 30.6 Å². The summed E-state index contributed by atoms with van der Waals surface area (Å²) in [6.07, 6.45) is 2.21. The summed E-state index contributed by atoms with van der Waals surface area (Å²) >= 11 is 1.68. The van der Waals surface area contributed by atoms with Crippen molar-refractivity contribution >= 4 is 30.1 Å². The first-order valence-corrected chi connectivity index (χ1v) is 7.73. The second-order valence-electron chi connectivity index (χ2n) is 4.52. The molecule has 20 heavy (non-hydrogen) atoms. The van der Waals surface area contributed by atoms with Crippen LogP contribution in [0.4, 0.5) is 0 Å². The Kier molecular flexibility index (Phi) is 9.67. The summed E-state index contributed by atoms with van der Waals surface area (Å²) < 4.78 is 0. The van der Waals surface area contributed by atoms with Gasteiger partial charge in [0.1, 0.15) is 0 Å². The quantitative estimate of drug-likeness (QED) is 0.717. The first-order chi connectivity index (χ1) is 9.04. The van der Waals surface area contributed by atoms with Crippen LogP contribution in [-0.2, 0) is 11.3 Å². The number of aliphatic hydroxyl groups excluding tert-OH is 1. The van der Waals surface area contributed by atoms with Gasteiger partial charge < -0.3 is 16.2 Å². The average Bonchev–Trinajstić information content (AvgIpc) is 2.42. The van der Waals surface area contributed by atoms with E-state index in [2.05, 4.69) is 5.32 Å². The largest absolute Gasteiger partial charge is 0.389 e. The molecule has 1 aromatic rings. The van der Waals surface area contributed by atoms with E-state index in [9.17, 15) is 9.90 Å². The summed E-state index contributed by atoms with van der Waals surface area (Å²) in [7, 11) is 0. The SMILES string of the molecule is CSCC[C@H](N)C(=O)NCc1ccc(C(C)O)cc1.Cl. The maximum atomic E-state index is 11.7. The van der Waals surface area contributed by atoms with Gasteiger partial charge in [-0.15, -0.1) is 12.4 Å². The molecule has 0 saturated carbocycles. The number of carbonyl (C=O) groups excluding carboxylic acids is 1. The molecule has 1 amide bonds. The molecule has 2 atom stereocenters. The fourth-order valence-electron chi connectivity index (χ4n) is 1.61. The Morgan fingerprint density at radius 3 is 2.50 bits per heavy atom. The molecule has 1 unspecified atom stereocenters. The van der Waals surface area contributed by atoms with Gasteiger partial charge in [-0.3, -0.25) is 4.79 Å². The van der Waals surface area contributed by atoms with Gasteiger partial charge in [-0.25, -0.2) is 0 Å². The number of hydrogen-bond acceptors (Lipinski definition) is 4. The van der Waals surface area contributed by atoms with E-state index < -0.39 is 12.1 Å². The molecule has 0 fully saturated rings. The van der Waals surface area contributed by atoms with Crippen molar-refractivity contribution < 1.29 is 9.90 Å². The van der Waals surface area contributed by atoms with Gasteiger partial charge in [0.15, 0.2) is 0 Å². The molecule has 0 aliphatic rings. The highest BCUT2D eigenvalue weighted by Crippen LogP contribution is 2.12. The number of nitrogens with one attached hydrogen (secondary N) is 1. The number of thioether (sulfide) groups is 1. The molecule has 0 saturated heterocycles. The van der Waals surface area contributed by atoms with E-state index in [1.165, 1.54) is 0 Å². The molecule has 0 aromatic heterocycles. The number of halogens is 1. The molecule has 0 radical (unpaired) electrons. The lowest BCUT2D eigenvalue weighted by Crippen LogP contribution is -2.40. The van der Waals surface area contributed by atoms with Gasteiger partial charge >= 0.3 is 0 Å². The van der Waals surface area contributed by atoms with Gasteiger partial charge in [-0.1, -0.05) is 24.3 Å². The minimum atomic E-state index is -0.469. The Balaban J connectivity index is 0.00000361. The number of aliphatic hydroxyl groups is 1. The molecule has 0 spiro atoms. The Hall–Kier alpha value is -0.750. The molecule has 1 rings (SSSR count). The molecule has 4 N–H and O–H groups in total. The van der Waals surface area contributed by atoms with Gasteiger partial charge in [0.05, 0.1) is 12.1 Å². The molecule has 0 heterocycles. The zero-order valence-electron chi connectivity index (χ0n) is 11.8.